The fraction of sp³-hybridized carbons (Fsp3) is 0.385. The van der Waals surface area contributed by atoms with Crippen molar-refractivity contribution in [3.8, 4) is 0 Å². The van der Waals surface area contributed by atoms with Crippen molar-refractivity contribution in [3.05, 3.63) is 29.3 Å². The first-order chi connectivity index (χ1) is 8.46. The van der Waals surface area contributed by atoms with Gasteiger partial charge in [0.15, 0.2) is 0 Å². The van der Waals surface area contributed by atoms with Crippen LogP contribution >= 0.6 is 12.4 Å². The van der Waals surface area contributed by atoms with Crippen molar-refractivity contribution in [2.45, 2.75) is 25.3 Å². The van der Waals surface area contributed by atoms with Crippen LogP contribution in [-0.2, 0) is 9.53 Å². The first-order valence-corrected chi connectivity index (χ1v) is 5.75. The summed E-state index contributed by atoms with van der Waals surface area (Å²) in [4.78, 5) is 23.3. The number of ether oxygens (including phenoxy) is 1. The Morgan fingerprint density at radius 2 is 2.00 bits per heavy atom. The normalized spacial score (nSPS) is 15.1. The molecule has 2 rings (SSSR count). The van der Waals surface area contributed by atoms with Gasteiger partial charge in [0.1, 0.15) is 0 Å². The van der Waals surface area contributed by atoms with E-state index in [-0.39, 0.29) is 18.3 Å². The third-order valence-electron chi connectivity index (χ3n) is 3.14. The Morgan fingerprint density at radius 3 is 2.53 bits per heavy atom. The zero-order chi connectivity index (χ0) is 13.3. The molecule has 1 aromatic rings. The molecule has 0 bridgehead atoms. The summed E-state index contributed by atoms with van der Waals surface area (Å²) in [5.41, 5.74) is 6.86. The summed E-state index contributed by atoms with van der Waals surface area (Å²) in [5, 5.41) is 2.72. The zero-order valence-corrected chi connectivity index (χ0v) is 11.7. The third kappa shape index (κ3) is 3.24. The Labute approximate surface area is 117 Å². The van der Waals surface area contributed by atoms with E-state index in [1.165, 1.54) is 7.11 Å². The predicted octanol–water partition coefficient (Wildman–Crippen LogP) is 1.63. The van der Waals surface area contributed by atoms with Gasteiger partial charge in [-0.05, 0) is 37.5 Å². The minimum atomic E-state index is -0.726. The summed E-state index contributed by atoms with van der Waals surface area (Å²) >= 11 is 0. The Bertz CT molecular complexity index is 513. The second-order valence-electron chi connectivity index (χ2n) is 4.63. The third-order valence-corrected chi connectivity index (χ3v) is 3.14. The van der Waals surface area contributed by atoms with E-state index in [4.69, 9.17) is 5.73 Å². The van der Waals surface area contributed by atoms with Crippen LogP contribution < -0.4 is 11.1 Å². The van der Waals surface area contributed by atoms with E-state index in [1.54, 1.807) is 18.2 Å². The minimum absolute atomic E-state index is 0. The second-order valence-corrected chi connectivity index (χ2v) is 4.63. The summed E-state index contributed by atoms with van der Waals surface area (Å²) in [6.45, 7) is 1.81. The number of carbonyl (C=O) groups excluding carboxylic acids is 2. The van der Waals surface area contributed by atoms with Crippen molar-refractivity contribution in [1.29, 1.82) is 0 Å². The zero-order valence-electron chi connectivity index (χ0n) is 10.9. The molecule has 1 fully saturated rings. The summed E-state index contributed by atoms with van der Waals surface area (Å²) in [7, 11) is 1.33. The molecule has 0 spiro atoms. The van der Waals surface area contributed by atoms with Gasteiger partial charge in [-0.15, -0.1) is 12.4 Å². The van der Waals surface area contributed by atoms with Crippen molar-refractivity contribution in [2.24, 2.45) is 5.73 Å². The average molecular weight is 285 g/mol. The largest absolute Gasteiger partial charge is 0.465 e. The molecule has 1 saturated carbocycles. The van der Waals surface area contributed by atoms with Gasteiger partial charge >= 0.3 is 5.97 Å². The van der Waals surface area contributed by atoms with Gasteiger partial charge in [0, 0.05) is 5.69 Å². The average Bonchev–Trinajstić information content (AvgIpc) is 3.10. The van der Waals surface area contributed by atoms with Crippen LogP contribution in [0.3, 0.4) is 0 Å². The van der Waals surface area contributed by atoms with Gasteiger partial charge in [-0.2, -0.15) is 0 Å². The molecule has 0 atom stereocenters. The summed E-state index contributed by atoms with van der Waals surface area (Å²) in [6.07, 6.45) is 1.41. The highest BCUT2D eigenvalue weighted by atomic mass is 35.5. The van der Waals surface area contributed by atoms with Gasteiger partial charge in [0.25, 0.3) is 0 Å². The highest BCUT2D eigenvalue weighted by Gasteiger charge is 2.45. The molecule has 0 aromatic heterocycles. The number of nitrogens with one attached hydrogen (secondary N) is 1. The summed E-state index contributed by atoms with van der Waals surface area (Å²) < 4.78 is 4.68. The molecule has 0 radical (unpaired) electrons. The van der Waals surface area contributed by atoms with Gasteiger partial charge in [0.05, 0.1) is 18.2 Å². The number of esters is 1. The van der Waals surface area contributed by atoms with Crippen LogP contribution in [-0.4, -0.2) is 24.5 Å². The number of methoxy groups -OCH3 is 1. The van der Waals surface area contributed by atoms with Gasteiger partial charge in [-0.3, -0.25) is 4.79 Å². The highest BCUT2D eigenvalue weighted by Crippen LogP contribution is 2.33. The lowest BCUT2D eigenvalue weighted by atomic mass is 10.1. The number of benzene rings is 1. The summed E-state index contributed by atoms with van der Waals surface area (Å²) in [5.74, 6) is -0.625. The van der Waals surface area contributed by atoms with E-state index in [0.717, 1.165) is 5.56 Å². The van der Waals surface area contributed by atoms with Crippen molar-refractivity contribution in [2.75, 3.05) is 12.4 Å². The van der Waals surface area contributed by atoms with Gasteiger partial charge in [0.2, 0.25) is 5.91 Å². The van der Waals surface area contributed by atoms with Crippen molar-refractivity contribution < 1.29 is 14.3 Å². The molecular formula is C13H17ClN2O3. The Morgan fingerprint density at radius 1 is 1.37 bits per heavy atom. The van der Waals surface area contributed by atoms with Crippen LogP contribution in [0, 0.1) is 6.92 Å². The molecule has 6 heteroatoms. The lowest BCUT2D eigenvalue weighted by Crippen LogP contribution is -2.37. The monoisotopic (exact) mass is 284 g/mol. The number of hydrogen-bond donors (Lipinski definition) is 2. The van der Waals surface area contributed by atoms with Crippen molar-refractivity contribution in [1.82, 2.24) is 0 Å². The van der Waals surface area contributed by atoms with E-state index in [9.17, 15) is 9.59 Å². The Balaban J connectivity index is 0.00000180. The molecule has 0 heterocycles. The fourth-order valence-electron chi connectivity index (χ4n) is 1.65. The first kappa shape index (κ1) is 15.5. The molecule has 1 aliphatic rings. The number of hydrogen-bond acceptors (Lipinski definition) is 4. The molecule has 3 N–H and O–H groups in total. The first-order valence-electron chi connectivity index (χ1n) is 5.75. The van der Waals surface area contributed by atoms with E-state index >= 15 is 0 Å². The van der Waals surface area contributed by atoms with Crippen molar-refractivity contribution in [3.63, 3.8) is 0 Å². The van der Waals surface area contributed by atoms with E-state index in [2.05, 4.69) is 10.1 Å². The SMILES string of the molecule is COC(=O)c1cc(NC(=O)C2(N)CC2)ccc1C.Cl. The number of halogens is 1. The van der Waals surface area contributed by atoms with Crippen LogP contribution in [0.5, 0.6) is 0 Å². The molecule has 0 unspecified atom stereocenters. The lowest BCUT2D eigenvalue weighted by molar-refractivity contribution is -0.118. The summed E-state index contributed by atoms with van der Waals surface area (Å²) in [6, 6.07) is 5.11. The maximum absolute atomic E-state index is 11.8. The molecule has 1 aromatic carbocycles. The molecule has 0 saturated heterocycles. The number of rotatable bonds is 3. The molecule has 5 nitrogen and oxygen atoms in total. The molecule has 1 aliphatic carbocycles. The lowest BCUT2D eigenvalue weighted by Gasteiger charge is -2.12. The Kier molecular flexibility index (Phi) is 4.55. The Hall–Kier alpha value is -1.59. The minimum Gasteiger partial charge on any atom is -0.465 e. The van der Waals surface area contributed by atoms with Gasteiger partial charge < -0.3 is 15.8 Å². The van der Waals surface area contributed by atoms with Crippen LogP contribution in [0.15, 0.2) is 18.2 Å². The number of amides is 1. The van der Waals surface area contributed by atoms with E-state index < -0.39 is 11.5 Å². The van der Waals surface area contributed by atoms with Crippen LogP contribution in [0.25, 0.3) is 0 Å². The van der Waals surface area contributed by atoms with Gasteiger partial charge in [-0.1, -0.05) is 6.07 Å². The smallest absolute Gasteiger partial charge is 0.338 e. The van der Waals surface area contributed by atoms with E-state index in [1.807, 2.05) is 6.92 Å². The van der Waals surface area contributed by atoms with Gasteiger partial charge in [-0.25, -0.2) is 4.79 Å². The van der Waals surface area contributed by atoms with Crippen LogP contribution in [0.4, 0.5) is 5.69 Å². The molecule has 0 aliphatic heterocycles. The topological polar surface area (TPSA) is 81.4 Å². The standard InChI is InChI=1S/C13H16N2O3.ClH/c1-8-3-4-9(7-10(8)11(16)18-2)15-12(17)13(14)5-6-13;/h3-4,7H,5-6,14H2,1-2H3,(H,15,17);1H. The fourth-order valence-corrected chi connectivity index (χ4v) is 1.65. The number of aryl methyl sites for hydroxylation is 1. The quantitative estimate of drug-likeness (QED) is 0.827. The molecular weight excluding hydrogens is 268 g/mol. The number of carbonyl (C=O) groups is 2. The van der Waals surface area contributed by atoms with Crippen molar-refractivity contribution >= 4 is 30.0 Å². The van der Waals surface area contributed by atoms with E-state index in [0.29, 0.717) is 24.1 Å². The highest BCUT2D eigenvalue weighted by molar-refractivity contribution is 6.01. The number of nitrogens with two attached hydrogens (primary N) is 1. The number of anilines is 1. The molecule has 104 valence electrons. The predicted molar refractivity (Wildman–Crippen MR) is 74.5 cm³/mol. The van der Waals surface area contributed by atoms with Crippen LogP contribution in [0.1, 0.15) is 28.8 Å². The second kappa shape index (κ2) is 5.59. The maximum Gasteiger partial charge on any atom is 0.338 e. The molecule has 19 heavy (non-hydrogen) atoms. The maximum atomic E-state index is 11.8. The van der Waals surface area contributed by atoms with Crippen LogP contribution in [0.2, 0.25) is 0 Å². The molecule has 1 amide bonds.